The van der Waals surface area contributed by atoms with E-state index in [1.54, 1.807) is 36.4 Å². The Morgan fingerprint density at radius 3 is 1.07 bits per heavy atom. The number of halogens is 8. The topological polar surface area (TPSA) is 210 Å². The first-order valence-corrected chi connectivity index (χ1v) is 39.7. The van der Waals surface area contributed by atoms with Gasteiger partial charge in [0.2, 0.25) is 11.6 Å². The van der Waals surface area contributed by atoms with Crippen molar-refractivity contribution in [2.24, 2.45) is 20.4 Å². The summed E-state index contributed by atoms with van der Waals surface area (Å²) in [7, 11) is 0. The maximum Gasteiger partial charge on any atom is 0.429 e. The zero-order valence-corrected chi connectivity index (χ0v) is 66.5. The monoisotopic (exact) mass is 1650 g/mol. The van der Waals surface area contributed by atoms with Crippen LogP contribution in [0, 0.1) is 23.3 Å². The summed E-state index contributed by atoms with van der Waals surface area (Å²) in [5, 5.41) is 21.5. The van der Waals surface area contributed by atoms with Crippen LogP contribution in [0.2, 0.25) is 0 Å². The lowest BCUT2D eigenvalue weighted by molar-refractivity contribution is -0.188. The summed E-state index contributed by atoms with van der Waals surface area (Å²) in [5.74, 6) is -11.3. The molecule has 26 heteroatoms. The second-order valence-electron chi connectivity index (χ2n) is 28.0. The SMILES string of the molecule is C=CC(=O)OCCCCCCOc1ccc2cc(CCC(=O)Oc3ccc(C(F)(F)Oc4ccc(OCCCCC)cc4/C=N/N=C/c4ccc5cc(/C=N/N=C/c6cc(OCCCCC)ccc6OC(F)(F)c6ccc(OC(=O)CCc7ccc8cc(OCCCCCCOC(=O)C=C)ccc8c7)c(F)c6F)ccc5c4)c(F)c3F)ccc2c1. The van der Waals surface area contributed by atoms with Crippen LogP contribution in [-0.4, -0.2) is 88.4 Å². The van der Waals surface area contributed by atoms with Gasteiger partial charge in [-0.15, -0.1) is 0 Å². The summed E-state index contributed by atoms with van der Waals surface area (Å²) in [6.45, 7) is 13.1. The molecule has 0 N–H and O–H groups in total. The van der Waals surface area contributed by atoms with E-state index in [1.807, 2.05) is 86.6 Å². The summed E-state index contributed by atoms with van der Waals surface area (Å²) >= 11 is 0. The smallest absolute Gasteiger partial charge is 0.429 e. The number of fused-ring (bicyclic) bond motifs is 3. The molecule has 0 saturated heterocycles. The van der Waals surface area contributed by atoms with Crippen LogP contribution >= 0.6 is 0 Å². The number of benzene rings is 10. The molecule has 0 amide bonds. The van der Waals surface area contributed by atoms with Crippen LogP contribution < -0.4 is 37.9 Å². The Bertz CT molecular complexity index is 5020. The Balaban J connectivity index is 0.726. The number of carbonyl (C=O) groups is 4. The molecule has 10 aromatic rings. The van der Waals surface area contributed by atoms with Crippen LogP contribution in [0.3, 0.4) is 0 Å². The van der Waals surface area contributed by atoms with E-state index in [2.05, 4.69) is 33.6 Å². The Morgan fingerprint density at radius 2 is 0.675 bits per heavy atom. The Hall–Kier alpha value is -12.7. The summed E-state index contributed by atoms with van der Waals surface area (Å²) in [4.78, 5) is 48.3. The molecule has 0 heterocycles. The van der Waals surface area contributed by atoms with Crippen molar-refractivity contribution in [1.29, 1.82) is 0 Å². The minimum Gasteiger partial charge on any atom is -0.494 e. The molecule has 18 nitrogen and oxygen atoms in total. The van der Waals surface area contributed by atoms with Gasteiger partial charge in [-0.05, 0) is 229 Å². The molecule has 0 aromatic heterocycles. The number of unbranched alkanes of at least 4 members (excludes halogenated alkanes) is 10. The van der Waals surface area contributed by atoms with E-state index in [4.69, 9.17) is 47.4 Å². The third-order valence-electron chi connectivity index (χ3n) is 18.9. The second kappa shape index (κ2) is 45.3. The normalized spacial score (nSPS) is 11.8. The number of rotatable bonds is 48. The van der Waals surface area contributed by atoms with Crippen LogP contribution in [0.1, 0.15) is 161 Å². The maximum atomic E-state index is 16.1. The quantitative estimate of drug-likeness (QED) is 0.00661. The summed E-state index contributed by atoms with van der Waals surface area (Å²) in [6.07, 6.45) is 9.83. The number of alkyl halides is 4. The van der Waals surface area contributed by atoms with Crippen LogP contribution in [0.25, 0.3) is 32.3 Å². The van der Waals surface area contributed by atoms with Crippen molar-refractivity contribution in [3.8, 4) is 46.0 Å². The van der Waals surface area contributed by atoms with E-state index in [-0.39, 0.29) is 48.3 Å². The number of carbonyl (C=O) groups excluding carboxylic acids is 4. The second-order valence-corrected chi connectivity index (χ2v) is 28.0. The fourth-order valence-electron chi connectivity index (χ4n) is 12.4. The molecular formula is C94H92F8N4O14. The zero-order chi connectivity index (χ0) is 85.2. The molecule has 0 atom stereocenters. The van der Waals surface area contributed by atoms with Crippen LogP contribution in [0.5, 0.6) is 46.0 Å². The molecule has 0 aliphatic carbocycles. The van der Waals surface area contributed by atoms with Gasteiger partial charge in [0, 0.05) is 36.1 Å². The zero-order valence-electron chi connectivity index (χ0n) is 66.5. The van der Waals surface area contributed by atoms with Crippen molar-refractivity contribution in [3.63, 3.8) is 0 Å². The predicted octanol–water partition coefficient (Wildman–Crippen LogP) is 22.4. The molecule has 0 fully saturated rings. The van der Waals surface area contributed by atoms with Gasteiger partial charge in [0.15, 0.2) is 23.1 Å². The Morgan fingerprint density at radius 1 is 0.350 bits per heavy atom. The summed E-state index contributed by atoms with van der Waals surface area (Å²) in [6, 6.07) is 43.3. The summed E-state index contributed by atoms with van der Waals surface area (Å²) < 4.78 is 181. The van der Waals surface area contributed by atoms with Crippen molar-refractivity contribution in [2.75, 3.05) is 39.6 Å². The molecule has 0 unspecified atom stereocenters. The first-order chi connectivity index (χ1) is 58.1. The lowest BCUT2D eigenvalue weighted by Gasteiger charge is -2.21. The van der Waals surface area contributed by atoms with Crippen LogP contribution in [0.15, 0.2) is 216 Å². The molecule has 120 heavy (non-hydrogen) atoms. The van der Waals surface area contributed by atoms with Gasteiger partial charge in [0.25, 0.3) is 0 Å². The average Bonchev–Trinajstić information content (AvgIpc) is 0.787. The number of ether oxygens (including phenoxy) is 10. The van der Waals surface area contributed by atoms with Crippen LogP contribution in [0.4, 0.5) is 35.1 Å². The highest BCUT2D eigenvalue weighted by molar-refractivity contribution is 5.95. The maximum absolute atomic E-state index is 16.1. The number of hydrogen-bond acceptors (Lipinski definition) is 18. The van der Waals surface area contributed by atoms with Gasteiger partial charge in [-0.25, -0.2) is 18.4 Å². The van der Waals surface area contributed by atoms with Crippen molar-refractivity contribution in [2.45, 2.75) is 142 Å². The highest BCUT2D eigenvalue weighted by atomic mass is 19.3. The fourth-order valence-corrected chi connectivity index (χ4v) is 12.4. The van der Waals surface area contributed by atoms with Gasteiger partial charge in [-0.3, -0.25) is 9.59 Å². The van der Waals surface area contributed by atoms with Gasteiger partial charge in [-0.1, -0.05) is 125 Å². The van der Waals surface area contributed by atoms with Gasteiger partial charge < -0.3 is 47.4 Å². The Kier molecular flexibility index (Phi) is 33.8. The fraction of sp³-hybridized carbons (Fsp3) is 0.298. The van der Waals surface area contributed by atoms with E-state index in [0.717, 1.165) is 157 Å². The number of esters is 4. The molecule has 0 spiro atoms. The molecule has 0 saturated carbocycles. The van der Waals surface area contributed by atoms with E-state index in [0.29, 0.717) is 87.2 Å². The largest absolute Gasteiger partial charge is 0.494 e. The lowest BCUT2D eigenvalue weighted by atomic mass is 10.0. The molecule has 0 aliphatic heterocycles. The lowest BCUT2D eigenvalue weighted by Crippen LogP contribution is -2.25. The third kappa shape index (κ3) is 27.2. The first-order valence-electron chi connectivity index (χ1n) is 39.7. The standard InChI is InChI=1S/C94H92F8N4O14/c1-5-9-15-45-111-77-35-39-81(119-93(99,100)79-37-41-83(91(97)89(79)95)117-87(109)43-25-63-21-27-71-55-75(33-31-69(71)51-63)113-47-17-11-13-19-49-115-85(107)7-3)73(57-77)61-105-103-59-65-23-29-68-54-66(24-30-67(68)53-65)60-104-106-62-74-58-78(112-46-16-10-6-2)36-40-82(74)120-94(101,102)80-38-42-84(92(98)90(80)96)118-88(110)44-26-64-22-28-72-56-76(34-32-70(72)52-64)114-48-18-12-14-20-50-116-86(108)8-4/h7-8,21-24,27-42,51-62H,3-6,9-20,25-26,43-50H2,1-2H3/b103-59+,104-60+,105-61+,106-62+. The number of nitrogens with zero attached hydrogens (tertiary/aromatic N) is 4. The molecule has 10 aromatic carbocycles. The highest BCUT2D eigenvalue weighted by Gasteiger charge is 2.42. The van der Waals surface area contributed by atoms with Crippen molar-refractivity contribution < 1.29 is 102 Å². The van der Waals surface area contributed by atoms with Gasteiger partial charge >= 0.3 is 36.1 Å². The molecule has 10 rings (SSSR count). The van der Waals surface area contributed by atoms with Crippen molar-refractivity contribution in [1.82, 2.24) is 0 Å². The van der Waals surface area contributed by atoms with Crippen molar-refractivity contribution in [3.05, 3.63) is 263 Å². The molecular weight excluding hydrogens is 1560 g/mol. The Labute approximate surface area is 690 Å². The molecule has 0 bridgehead atoms. The number of aryl methyl sites for hydroxylation is 2. The third-order valence-corrected chi connectivity index (χ3v) is 18.9. The molecule has 0 radical (unpaired) electrons. The first kappa shape index (κ1) is 89.6. The predicted molar refractivity (Wildman–Crippen MR) is 445 cm³/mol. The van der Waals surface area contributed by atoms with Gasteiger partial charge in [-0.2, -0.15) is 46.7 Å². The van der Waals surface area contributed by atoms with Gasteiger partial charge in [0.05, 0.1) is 64.5 Å². The molecule has 0 aliphatic rings. The number of hydrogen-bond donors (Lipinski definition) is 0. The van der Waals surface area contributed by atoms with Gasteiger partial charge in [0.1, 0.15) is 45.6 Å². The van der Waals surface area contributed by atoms with E-state index >= 15 is 35.1 Å². The van der Waals surface area contributed by atoms with Crippen molar-refractivity contribution >= 4 is 81.1 Å². The highest BCUT2D eigenvalue weighted by Crippen LogP contribution is 2.41. The van der Waals surface area contributed by atoms with E-state index in [1.165, 1.54) is 48.8 Å². The summed E-state index contributed by atoms with van der Waals surface area (Å²) in [5.41, 5.74) is -0.425. The molecule has 628 valence electrons. The van der Waals surface area contributed by atoms with Crippen LogP contribution in [-0.2, 0) is 53.7 Å². The average molecular weight is 1650 g/mol. The van der Waals surface area contributed by atoms with E-state index < -0.39 is 93.5 Å². The minimum absolute atomic E-state index is 0.0565. The van der Waals surface area contributed by atoms with E-state index in [9.17, 15) is 19.2 Å². The minimum atomic E-state index is -4.49.